The van der Waals surface area contributed by atoms with Crippen LogP contribution in [0.1, 0.15) is 0 Å². The maximum Gasteiger partial charge on any atom is 0.168 e. The molecule has 6 nitrogen and oxygen atoms in total. The summed E-state index contributed by atoms with van der Waals surface area (Å²) in [4.78, 5) is 8.72. The molecular weight excluding hydrogens is 338 g/mol. The maximum atomic E-state index is 5.96. The van der Waals surface area contributed by atoms with Crippen LogP contribution in [0.4, 0.5) is 11.5 Å². The van der Waals surface area contributed by atoms with Crippen LogP contribution in [0.3, 0.4) is 0 Å². The predicted molar refractivity (Wildman–Crippen MR) is 97.9 cm³/mol. The van der Waals surface area contributed by atoms with E-state index in [0.29, 0.717) is 16.5 Å². The highest BCUT2D eigenvalue weighted by molar-refractivity contribution is 6.30. The second kappa shape index (κ2) is 6.41. The lowest BCUT2D eigenvalue weighted by Crippen LogP contribution is -2.00. The third kappa shape index (κ3) is 2.88. The van der Waals surface area contributed by atoms with Crippen molar-refractivity contribution < 1.29 is 4.74 Å². The largest absolute Gasteiger partial charge is 0.495 e. The molecular formula is C18H14ClN5O. The topological polar surface area (TPSA) is 64.9 Å². The van der Waals surface area contributed by atoms with E-state index in [9.17, 15) is 0 Å². The van der Waals surface area contributed by atoms with Crippen molar-refractivity contribution in [2.24, 2.45) is 0 Å². The van der Waals surface area contributed by atoms with Gasteiger partial charge in [-0.1, -0.05) is 23.7 Å². The second-order valence-corrected chi connectivity index (χ2v) is 5.75. The van der Waals surface area contributed by atoms with Crippen molar-refractivity contribution >= 4 is 34.1 Å². The minimum atomic E-state index is 0.662. The summed E-state index contributed by atoms with van der Waals surface area (Å²) in [6.45, 7) is 0. The molecule has 0 aliphatic heterocycles. The fourth-order valence-corrected chi connectivity index (χ4v) is 2.72. The molecule has 0 fully saturated rings. The number of fused-ring (bicyclic) bond motifs is 1. The number of hydrogen-bond acceptors (Lipinski definition) is 5. The second-order valence-electron chi connectivity index (χ2n) is 5.32. The van der Waals surface area contributed by atoms with Crippen LogP contribution < -0.4 is 10.1 Å². The number of nitrogens with one attached hydrogen (secondary N) is 1. The van der Waals surface area contributed by atoms with Crippen LogP contribution in [0.5, 0.6) is 5.75 Å². The van der Waals surface area contributed by atoms with Crippen molar-refractivity contribution in [3.63, 3.8) is 0 Å². The van der Waals surface area contributed by atoms with Crippen LogP contribution in [-0.2, 0) is 0 Å². The number of methoxy groups -OCH3 is 1. The molecule has 0 radical (unpaired) electrons. The summed E-state index contributed by atoms with van der Waals surface area (Å²) < 4.78 is 7.13. The zero-order valence-electron chi connectivity index (χ0n) is 13.3. The molecule has 0 aliphatic carbocycles. The lowest BCUT2D eigenvalue weighted by atomic mass is 10.3. The van der Waals surface area contributed by atoms with Gasteiger partial charge in [0.05, 0.1) is 30.1 Å². The number of benzene rings is 2. The van der Waals surface area contributed by atoms with Crippen LogP contribution in [0.15, 0.2) is 61.1 Å². The Morgan fingerprint density at radius 1 is 1.04 bits per heavy atom. The normalized spacial score (nSPS) is 10.8. The Kier molecular flexibility index (Phi) is 3.95. The molecule has 0 spiro atoms. The standard InChI is InChI=1S/C18H14ClN5O/c1-25-16-5-3-2-4-15(16)23-17-14-10-22-24(18(14)21-11-20-17)13-8-6-12(19)7-9-13/h2-11H,1H3,(H,20,21,23). The van der Waals surface area contributed by atoms with Crippen LogP contribution in [0.25, 0.3) is 16.7 Å². The lowest BCUT2D eigenvalue weighted by molar-refractivity contribution is 0.417. The minimum Gasteiger partial charge on any atom is -0.495 e. The van der Waals surface area contributed by atoms with Gasteiger partial charge in [-0.2, -0.15) is 5.10 Å². The van der Waals surface area contributed by atoms with Gasteiger partial charge in [0.25, 0.3) is 0 Å². The maximum absolute atomic E-state index is 5.96. The Bertz CT molecular complexity index is 1030. The Morgan fingerprint density at radius 3 is 2.64 bits per heavy atom. The van der Waals surface area contributed by atoms with Crippen molar-refractivity contribution in [3.05, 3.63) is 66.1 Å². The van der Waals surface area contributed by atoms with Gasteiger partial charge in [0.15, 0.2) is 5.65 Å². The first-order valence-electron chi connectivity index (χ1n) is 7.61. The van der Waals surface area contributed by atoms with E-state index >= 15 is 0 Å². The molecule has 7 heteroatoms. The Balaban J connectivity index is 1.78. The quantitative estimate of drug-likeness (QED) is 0.596. The average molecular weight is 352 g/mol. The smallest absolute Gasteiger partial charge is 0.168 e. The van der Waals surface area contributed by atoms with E-state index < -0.39 is 0 Å². The summed E-state index contributed by atoms with van der Waals surface area (Å²) in [5.41, 5.74) is 2.40. The molecule has 2 heterocycles. The van der Waals surface area contributed by atoms with Crippen molar-refractivity contribution in [2.45, 2.75) is 0 Å². The van der Waals surface area contributed by atoms with E-state index in [2.05, 4.69) is 20.4 Å². The Morgan fingerprint density at radius 2 is 1.84 bits per heavy atom. The van der Waals surface area contributed by atoms with E-state index in [4.69, 9.17) is 16.3 Å². The highest BCUT2D eigenvalue weighted by Gasteiger charge is 2.12. The van der Waals surface area contributed by atoms with Crippen molar-refractivity contribution in [1.29, 1.82) is 0 Å². The van der Waals surface area contributed by atoms with Gasteiger partial charge in [0.2, 0.25) is 0 Å². The molecule has 124 valence electrons. The molecule has 0 aliphatic rings. The lowest BCUT2D eigenvalue weighted by Gasteiger charge is -2.10. The SMILES string of the molecule is COc1ccccc1Nc1ncnc2c1cnn2-c1ccc(Cl)cc1. The first-order chi connectivity index (χ1) is 12.3. The van der Waals surface area contributed by atoms with Gasteiger partial charge in [0, 0.05) is 5.02 Å². The fourth-order valence-electron chi connectivity index (χ4n) is 2.59. The average Bonchev–Trinajstić information content (AvgIpc) is 3.08. The van der Waals surface area contributed by atoms with Gasteiger partial charge >= 0.3 is 0 Å². The number of ether oxygens (including phenoxy) is 1. The van der Waals surface area contributed by atoms with Gasteiger partial charge in [-0.3, -0.25) is 0 Å². The van der Waals surface area contributed by atoms with Gasteiger partial charge < -0.3 is 10.1 Å². The number of aromatic nitrogens is 4. The van der Waals surface area contributed by atoms with Crippen molar-refractivity contribution in [1.82, 2.24) is 19.7 Å². The van der Waals surface area contributed by atoms with Crippen LogP contribution in [0, 0.1) is 0 Å². The summed E-state index contributed by atoms with van der Waals surface area (Å²) in [6, 6.07) is 15.1. The first-order valence-corrected chi connectivity index (χ1v) is 7.99. The van der Waals surface area contributed by atoms with Gasteiger partial charge in [-0.05, 0) is 36.4 Å². The number of rotatable bonds is 4. The third-order valence-corrected chi connectivity index (χ3v) is 4.05. The molecule has 2 aromatic heterocycles. The number of halogens is 1. The van der Waals surface area contributed by atoms with E-state index in [0.717, 1.165) is 22.5 Å². The number of nitrogens with zero attached hydrogens (tertiary/aromatic N) is 4. The zero-order chi connectivity index (χ0) is 17.2. The van der Waals surface area contributed by atoms with E-state index in [1.54, 1.807) is 18.0 Å². The van der Waals surface area contributed by atoms with Gasteiger partial charge in [0.1, 0.15) is 17.9 Å². The van der Waals surface area contributed by atoms with Gasteiger partial charge in [-0.15, -0.1) is 0 Å². The molecule has 4 rings (SSSR count). The van der Waals surface area contributed by atoms with E-state index in [1.807, 2.05) is 48.5 Å². The highest BCUT2D eigenvalue weighted by Crippen LogP contribution is 2.29. The summed E-state index contributed by atoms with van der Waals surface area (Å²) in [7, 11) is 1.63. The van der Waals surface area contributed by atoms with E-state index in [-0.39, 0.29) is 0 Å². The van der Waals surface area contributed by atoms with Crippen molar-refractivity contribution in [2.75, 3.05) is 12.4 Å². The molecule has 0 unspecified atom stereocenters. The van der Waals surface area contributed by atoms with Crippen molar-refractivity contribution in [3.8, 4) is 11.4 Å². The van der Waals surface area contributed by atoms with Crippen LogP contribution in [-0.4, -0.2) is 26.9 Å². The van der Waals surface area contributed by atoms with Crippen LogP contribution in [0.2, 0.25) is 5.02 Å². The van der Waals surface area contributed by atoms with E-state index in [1.165, 1.54) is 6.33 Å². The molecule has 2 aromatic carbocycles. The minimum absolute atomic E-state index is 0.662. The summed E-state index contributed by atoms with van der Waals surface area (Å²) in [5.74, 6) is 1.40. The third-order valence-electron chi connectivity index (χ3n) is 3.80. The molecule has 25 heavy (non-hydrogen) atoms. The molecule has 0 saturated heterocycles. The highest BCUT2D eigenvalue weighted by atomic mass is 35.5. The summed E-state index contributed by atoms with van der Waals surface area (Å²) >= 11 is 5.96. The molecule has 0 saturated carbocycles. The summed E-state index contributed by atoms with van der Waals surface area (Å²) in [6.07, 6.45) is 3.25. The molecule has 0 atom stereocenters. The Labute approximate surface area is 149 Å². The number of anilines is 2. The fraction of sp³-hybridized carbons (Fsp3) is 0.0556. The first kappa shape index (κ1) is 15.4. The molecule has 0 amide bonds. The number of hydrogen-bond donors (Lipinski definition) is 1. The summed E-state index contributed by atoms with van der Waals surface area (Å²) in [5, 5.41) is 9.21. The van der Waals surface area contributed by atoms with Gasteiger partial charge in [-0.25, -0.2) is 14.6 Å². The zero-order valence-corrected chi connectivity index (χ0v) is 14.1. The molecule has 0 bridgehead atoms. The number of para-hydroxylation sites is 2. The molecule has 4 aromatic rings. The predicted octanol–water partition coefficient (Wildman–Crippen LogP) is 4.22. The van der Waals surface area contributed by atoms with Crippen LogP contribution >= 0.6 is 11.6 Å². The molecule has 1 N–H and O–H groups in total. The monoisotopic (exact) mass is 351 g/mol. The Hall–Kier alpha value is -3.12.